The molecule has 0 spiro atoms. The molecule has 6 nitrogen and oxygen atoms in total. The van der Waals surface area contributed by atoms with Crippen molar-refractivity contribution in [3.05, 3.63) is 118 Å². The van der Waals surface area contributed by atoms with Crippen LogP contribution in [0.2, 0.25) is 0 Å². The lowest BCUT2D eigenvalue weighted by Gasteiger charge is -2.26. The molecule has 2 aliphatic rings. The summed E-state index contributed by atoms with van der Waals surface area (Å²) >= 11 is 0. The summed E-state index contributed by atoms with van der Waals surface area (Å²) in [6.07, 6.45) is 7.27. The van der Waals surface area contributed by atoms with E-state index in [-0.39, 0.29) is 0 Å². The first kappa shape index (κ1) is 27.7. The number of aromatic carboxylic acids is 2. The molecule has 0 aliphatic heterocycles. The molecule has 6 heteroatoms. The molecule has 0 radical (unpaired) electrons. The van der Waals surface area contributed by atoms with Gasteiger partial charge in [0.15, 0.2) is 0 Å². The Hall–Kier alpha value is -5.10. The van der Waals surface area contributed by atoms with Crippen LogP contribution in [-0.4, -0.2) is 32.1 Å². The van der Waals surface area contributed by atoms with Gasteiger partial charge in [-0.15, -0.1) is 0 Å². The van der Waals surface area contributed by atoms with Gasteiger partial charge in [0.25, 0.3) is 0 Å². The van der Waals surface area contributed by atoms with Crippen LogP contribution >= 0.6 is 0 Å². The van der Waals surface area contributed by atoms with E-state index in [4.69, 9.17) is 9.97 Å². The number of aromatic nitrogens is 2. The number of nitrogens with zero attached hydrogens (tertiary/aromatic N) is 2. The molecule has 0 saturated heterocycles. The number of hydrogen-bond acceptors (Lipinski definition) is 4. The molecule has 0 amide bonds. The van der Waals surface area contributed by atoms with Crippen molar-refractivity contribution in [3.63, 3.8) is 0 Å². The first-order chi connectivity index (χ1) is 21.3. The van der Waals surface area contributed by atoms with Crippen LogP contribution in [0.25, 0.3) is 45.1 Å². The zero-order chi connectivity index (χ0) is 30.5. The molecule has 3 aromatic carbocycles. The van der Waals surface area contributed by atoms with Crippen molar-refractivity contribution >= 4 is 57.0 Å². The average Bonchev–Trinajstić information content (AvgIpc) is 2.99. The molecule has 2 N–H and O–H groups in total. The van der Waals surface area contributed by atoms with Crippen LogP contribution in [-0.2, 0) is 12.8 Å². The third-order valence-corrected chi connectivity index (χ3v) is 8.88. The number of allylic oxidation sites excluding steroid dienone is 2. The van der Waals surface area contributed by atoms with Gasteiger partial charge in [0.05, 0.1) is 33.5 Å². The molecule has 0 unspecified atom stereocenters. The summed E-state index contributed by atoms with van der Waals surface area (Å²) in [5.41, 5.74) is 9.43. The van der Waals surface area contributed by atoms with Crippen LogP contribution in [0.5, 0.6) is 0 Å². The topological polar surface area (TPSA) is 100 Å². The molecule has 2 heterocycles. The second-order valence-electron chi connectivity index (χ2n) is 12.3. The summed E-state index contributed by atoms with van der Waals surface area (Å²) in [5.74, 6) is -1.23. The Balaban J connectivity index is 1.28. The average molecular weight is 581 g/mol. The zero-order valence-electron chi connectivity index (χ0n) is 24.7. The highest BCUT2D eigenvalue weighted by Gasteiger charge is 2.29. The maximum Gasteiger partial charge on any atom is 0.336 e. The molecule has 2 aromatic heterocycles. The molecule has 7 rings (SSSR count). The van der Waals surface area contributed by atoms with Crippen LogP contribution in [0, 0.1) is 11.8 Å². The van der Waals surface area contributed by atoms with Gasteiger partial charge in [-0.1, -0.05) is 74.5 Å². The van der Waals surface area contributed by atoms with Crippen LogP contribution < -0.4 is 0 Å². The van der Waals surface area contributed by atoms with Gasteiger partial charge in [0.2, 0.25) is 0 Å². The van der Waals surface area contributed by atoms with E-state index in [1.165, 1.54) is 0 Å². The minimum atomic E-state index is -0.915. The van der Waals surface area contributed by atoms with Gasteiger partial charge in [-0.2, -0.15) is 0 Å². The van der Waals surface area contributed by atoms with Gasteiger partial charge in [0.1, 0.15) is 0 Å². The fraction of sp³-hybridized carbons (Fsp3) is 0.211. The fourth-order valence-corrected chi connectivity index (χ4v) is 7.05. The number of benzene rings is 3. The molecule has 0 fully saturated rings. The molecule has 0 saturated carbocycles. The maximum atomic E-state index is 12.4. The highest BCUT2D eigenvalue weighted by molar-refractivity contribution is 6.07. The summed E-state index contributed by atoms with van der Waals surface area (Å²) in [4.78, 5) is 34.7. The summed E-state index contributed by atoms with van der Waals surface area (Å²) in [7, 11) is 0. The molecule has 5 aromatic rings. The van der Waals surface area contributed by atoms with E-state index in [0.29, 0.717) is 57.6 Å². The van der Waals surface area contributed by atoms with Crippen molar-refractivity contribution in [2.45, 2.75) is 39.5 Å². The molecule has 2 aliphatic carbocycles. The van der Waals surface area contributed by atoms with Crippen molar-refractivity contribution in [2.75, 3.05) is 0 Å². The molecule has 218 valence electrons. The van der Waals surface area contributed by atoms with Crippen LogP contribution in [0.15, 0.2) is 72.8 Å². The Morgan fingerprint density at radius 1 is 0.614 bits per heavy atom. The molecule has 0 bridgehead atoms. The lowest BCUT2D eigenvalue weighted by Crippen LogP contribution is -2.17. The largest absolute Gasteiger partial charge is 0.478 e. The van der Waals surface area contributed by atoms with Gasteiger partial charge < -0.3 is 10.2 Å². The SMILES string of the molecule is C[C@@H]1C/C(=C/c2ccc(/C=C3/C[C@H](C)Cc4c3nc3ccccc3c4C(=O)O)cc2)c2nc3ccccc3c(C(=O)O)c2C1. The lowest BCUT2D eigenvalue weighted by atomic mass is 9.80. The summed E-state index contributed by atoms with van der Waals surface area (Å²) < 4.78 is 0. The number of carboxylic acids is 2. The Labute approximate surface area is 255 Å². The number of fused-ring (bicyclic) bond motifs is 4. The normalized spacial score (nSPS) is 19.7. The monoisotopic (exact) mass is 580 g/mol. The smallest absolute Gasteiger partial charge is 0.336 e. The van der Waals surface area contributed by atoms with Crippen LogP contribution in [0.1, 0.15) is 81.0 Å². The highest BCUT2D eigenvalue weighted by atomic mass is 16.4. The Morgan fingerprint density at radius 2 is 1.00 bits per heavy atom. The Kier molecular flexibility index (Phi) is 6.85. The van der Waals surface area contributed by atoms with Gasteiger partial charge in [-0.25, -0.2) is 19.6 Å². The quantitative estimate of drug-likeness (QED) is 0.221. The summed E-state index contributed by atoms with van der Waals surface area (Å²) in [6, 6.07) is 23.2. The van der Waals surface area contributed by atoms with E-state index in [2.05, 4.69) is 50.3 Å². The molecule has 44 heavy (non-hydrogen) atoms. The van der Waals surface area contributed by atoms with Gasteiger partial charge >= 0.3 is 11.9 Å². The molecular formula is C38H32N2O4. The third-order valence-electron chi connectivity index (χ3n) is 8.88. The predicted molar refractivity (Wildman–Crippen MR) is 175 cm³/mol. The summed E-state index contributed by atoms with van der Waals surface area (Å²) in [6.45, 7) is 4.31. The van der Waals surface area contributed by atoms with E-state index in [1.807, 2.05) is 48.5 Å². The van der Waals surface area contributed by atoms with Gasteiger partial charge in [-0.3, -0.25) is 0 Å². The highest BCUT2D eigenvalue weighted by Crippen LogP contribution is 2.40. The number of rotatable bonds is 4. The van der Waals surface area contributed by atoms with E-state index in [0.717, 1.165) is 57.6 Å². The number of carboxylic acid groups (broad SMARTS) is 2. The van der Waals surface area contributed by atoms with Gasteiger partial charge in [-0.05, 0) is 95.2 Å². The van der Waals surface area contributed by atoms with Crippen LogP contribution in [0.3, 0.4) is 0 Å². The molecule has 2 atom stereocenters. The van der Waals surface area contributed by atoms with Crippen molar-refractivity contribution in [1.82, 2.24) is 9.97 Å². The lowest BCUT2D eigenvalue weighted by molar-refractivity contribution is 0.0686. The van der Waals surface area contributed by atoms with Crippen molar-refractivity contribution in [2.24, 2.45) is 11.8 Å². The Bertz CT molecular complexity index is 1910. The van der Waals surface area contributed by atoms with E-state index in [9.17, 15) is 19.8 Å². The number of hydrogen-bond donors (Lipinski definition) is 2. The maximum absolute atomic E-state index is 12.4. The second kappa shape index (κ2) is 10.9. The van der Waals surface area contributed by atoms with Crippen molar-refractivity contribution in [3.8, 4) is 0 Å². The van der Waals surface area contributed by atoms with Gasteiger partial charge in [0, 0.05) is 10.8 Å². The third kappa shape index (κ3) is 4.86. The number of para-hydroxylation sites is 2. The first-order valence-corrected chi connectivity index (χ1v) is 15.1. The summed E-state index contributed by atoms with van der Waals surface area (Å²) in [5, 5.41) is 21.7. The second-order valence-corrected chi connectivity index (χ2v) is 12.3. The standard InChI is InChI=1S/C38H32N2O4/c1-21-15-25(35-29(17-21)33(37(41)42)27-7-3-5-9-31(27)39-35)19-23-11-13-24(14-12-23)20-26-16-22(2)18-30-34(38(43)44)28-8-4-6-10-32(28)40-36(26)30/h3-14,19-22H,15-18H2,1-2H3,(H,41,42)(H,43,44)/b25-19-,26-20-/t21-,22+. The van der Waals surface area contributed by atoms with Crippen LogP contribution in [0.4, 0.5) is 0 Å². The van der Waals surface area contributed by atoms with E-state index in [1.54, 1.807) is 0 Å². The number of carbonyl (C=O) groups is 2. The van der Waals surface area contributed by atoms with E-state index >= 15 is 0 Å². The molecular weight excluding hydrogens is 548 g/mol. The minimum Gasteiger partial charge on any atom is -0.478 e. The number of pyridine rings is 2. The van der Waals surface area contributed by atoms with E-state index < -0.39 is 11.9 Å². The predicted octanol–water partition coefficient (Wildman–Crippen LogP) is 8.43. The van der Waals surface area contributed by atoms with Crippen molar-refractivity contribution in [1.29, 1.82) is 0 Å². The first-order valence-electron chi connectivity index (χ1n) is 15.1. The van der Waals surface area contributed by atoms with Crippen molar-refractivity contribution < 1.29 is 19.8 Å². The fourth-order valence-electron chi connectivity index (χ4n) is 7.05. The minimum absolute atomic E-state index is 0.298. The Morgan fingerprint density at radius 3 is 1.39 bits per heavy atom. The zero-order valence-corrected chi connectivity index (χ0v) is 24.7.